The number of nitrogens with one attached hydrogen (secondary N) is 1. The van der Waals surface area contributed by atoms with E-state index in [9.17, 15) is 4.79 Å². The van der Waals surface area contributed by atoms with E-state index in [0.717, 1.165) is 26.2 Å². The van der Waals surface area contributed by atoms with Crippen molar-refractivity contribution in [3.63, 3.8) is 0 Å². The summed E-state index contributed by atoms with van der Waals surface area (Å²) in [5, 5.41) is 3.42. The van der Waals surface area contributed by atoms with Gasteiger partial charge in [0.25, 0.3) is 5.91 Å². The Balaban J connectivity index is 1.76. The third-order valence-corrected chi connectivity index (χ3v) is 3.72. The van der Waals surface area contributed by atoms with Crippen molar-refractivity contribution in [2.24, 2.45) is 11.8 Å². The number of likely N-dealkylation sites (tertiary alicyclic amines) is 1. The van der Waals surface area contributed by atoms with E-state index in [1.807, 2.05) is 11.8 Å². The van der Waals surface area contributed by atoms with Gasteiger partial charge in [-0.25, -0.2) is 4.98 Å². The second-order valence-corrected chi connectivity index (χ2v) is 5.10. The molecular weight excluding hydrogens is 218 g/mol. The van der Waals surface area contributed by atoms with E-state index in [2.05, 4.69) is 10.3 Å². The molecule has 2 fully saturated rings. The predicted octanol–water partition coefficient (Wildman–Crippen LogP) is 0.665. The molecule has 2 aliphatic heterocycles. The Bertz CT molecular complexity index is 417. The summed E-state index contributed by atoms with van der Waals surface area (Å²) >= 11 is 0. The number of rotatable bonds is 1. The molecule has 1 aromatic heterocycles. The molecule has 1 N–H and O–H groups in total. The van der Waals surface area contributed by atoms with Crippen LogP contribution in [0.4, 0.5) is 0 Å². The van der Waals surface area contributed by atoms with Crippen molar-refractivity contribution in [2.75, 3.05) is 26.2 Å². The van der Waals surface area contributed by atoms with Crippen LogP contribution in [0, 0.1) is 18.8 Å². The molecule has 2 bridgehead atoms. The maximum atomic E-state index is 12.3. The smallest absolute Gasteiger partial charge is 0.291 e. The van der Waals surface area contributed by atoms with Gasteiger partial charge in [0.2, 0.25) is 5.76 Å². The summed E-state index contributed by atoms with van der Waals surface area (Å²) in [4.78, 5) is 18.2. The highest BCUT2D eigenvalue weighted by Crippen LogP contribution is 2.25. The largest absolute Gasteiger partial charge is 0.438 e. The van der Waals surface area contributed by atoms with Gasteiger partial charge >= 0.3 is 0 Å². The topological polar surface area (TPSA) is 58.4 Å². The molecule has 0 radical (unpaired) electrons. The van der Waals surface area contributed by atoms with Gasteiger partial charge in [-0.05, 0) is 38.3 Å². The highest BCUT2D eigenvalue weighted by atomic mass is 16.3. The second kappa shape index (κ2) is 4.14. The number of oxazole rings is 1. The SMILES string of the molecule is Cc1ncoc1C(=O)N1CC2CNCC(C2)C1. The van der Waals surface area contributed by atoms with Crippen LogP contribution in [-0.2, 0) is 0 Å². The molecule has 0 saturated carbocycles. The fourth-order valence-electron chi connectivity index (χ4n) is 2.92. The molecule has 5 heteroatoms. The molecule has 0 aromatic carbocycles. The van der Waals surface area contributed by atoms with Crippen molar-refractivity contribution in [2.45, 2.75) is 13.3 Å². The Hall–Kier alpha value is -1.36. The zero-order chi connectivity index (χ0) is 11.8. The van der Waals surface area contributed by atoms with Crippen LogP contribution in [-0.4, -0.2) is 42.0 Å². The van der Waals surface area contributed by atoms with Crippen molar-refractivity contribution < 1.29 is 9.21 Å². The number of hydrogen-bond acceptors (Lipinski definition) is 4. The number of amides is 1. The van der Waals surface area contributed by atoms with E-state index in [-0.39, 0.29) is 5.91 Å². The third kappa shape index (κ3) is 1.95. The van der Waals surface area contributed by atoms with Gasteiger partial charge in [0.1, 0.15) is 0 Å². The molecular formula is C12H17N3O2. The Morgan fingerprint density at radius 3 is 2.76 bits per heavy atom. The van der Waals surface area contributed by atoms with Crippen molar-refractivity contribution >= 4 is 5.91 Å². The third-order valence-electron chi connectivity index (χ3n) is 3.72. The number of carbonyl (C=O) groups excluding carboxylic acids is 1. The van der Waals surface area contributed by atoms with Gasteiger partial charge in [0.15, 0.2) is 6.39 Å². The average molecular weight is 235 g/mol. The Morgan fingerprint density at radius 2 is 2.18 bits per heavy atom. The maximum absolute atomic E-state index is 12.3. The summed E-state index contributed by atoms with van der Waals surface area (Å²) in [5.41, 5.74) is 0.684. The summed E-state index contributed by atoms with van der Waals surface area (Å²) < 4.78 is 5.18. The minimum Gasteiger partial charge on any atom is -0.438 e. The lowest BCUT2D eigenvalue weighted by molar-refractivity contribution is 0.0507. The first-order chi connectivity index (χ1) is 8.24. The van der Waals surface area contributed by atoms with E-state index in [1.165, 1.54) is 12.8 Å². The first-order valence-electron chi connectivity index (χ1n) is 6.14. The van der Waals surface area contributed by atoms with Crippen LogP contribution in [0.1, 0.15) is 22.7 Å². The van der Waals surface area contributed by atoms with E-state index < -0.39 is 0 Å². The fourth-order valence-corrected chi connectivity index (χ4v) is 2.92. The molecule has 0 aliphatic carbocycles. The van der Waals surface area contributed by atoms with Crippen molar-refractivity contribution in [1.82, 2.24) is 15.2 Å². The number of hydrogen-bond donors (Lipinski definition) is 1. The molecule has 2 aliphatic rings. The first-order valence-corrected chi connectivity index (χ1v) is 6.14. The Morgan fingerprint density at radius 1 is 1.47 bits per heavy atom. The highest BCUT2D eigenvalue weighted by molar-refractivity contribution is 5.92. The number of aryl methyl sites for hydroxylation is 1. The van der Waals surface area contributed by atoms with Crippen molar-refractivity contribution in [1.29, 1.82) is 0 Å². The fraction of sp³-hybridized carbons (Fsp3) is 0.667. The van der Waals surface area contributed by atoms with E-state index >= 15 is 0 Å². The lowest BCUT2D eigenvalue weighted by Crippen LogP contribution is -2.52. The highest BCUT2D eigenvalue weighted by Gasteiger charge is 2.34. The zero-order valence-corrected chi connectivity index (χ0v) is 9.98. The maximum Gasteiger partial charge on any atom is 0.291 e. The lowest BCUT2D eigenvalue weighted by atomic mass is 9.86. The standard InChI is InChI=1S/C12H17N3O2/c1-8-11(17-7-14-8)12(16)15-5-9-2-10(6-15)4-13-3-9/h7,9-10,13H,2-6H2,1H3. The summed E-state index contributed by atoms with van der Waals surface area (Å²) in [6.45, 7) is 5.53. The average Bonchev–Trinajstić information content (AvgIpc) is 2.74. The van der Waals surface area contributed by atoms with Crippen LogP contribution in [0.15, 0.2) is 10.8 Å². The molecule has 92 valence electrons. The van der Waals surface area contributed by atoms with Crippen molar-refractivity contribution in [3.8, 4) is 0 Å². The Kier molecular flexibility index (Phi) is 2.63. The van der Waals surface area contributed by atoms with Crippen LogP contribution in [0.3, 0.4) is 0 Å². The number of nitrogens with zero attached hydrogens (tertiary/aromatic N) is 2. The molecule has 2 atom stereocenters. The summed E-state index contributed by atoms with van der Waals surface area (Å²) in [7, 11) is 0. The van der Waals surface area contributed by atoms with Gasteiger partial charge in [0, 0.05) is 13.1 Å². The second-order valence-electron chi connectivity index (χ2n) is 5.10. The van der Waals surface area contributed by atoms with Crippen molar-refractivity contribution in [3.05, 3.63) is 17.8 Å². The monoisotopic (exact) mass is 235 g/mol. The predicted molar refractivity (Wildman–Crippen MR) is 61.6 cm³/mol. The van der Waals surface area contributed by atoms with Crippen LogP contribution in [0.2, 0.25) is 0 Å². The van der Waals surface area contributed by atoms with Gasteiger partial charge in [-0.3, -0.25) is 4.79 Å². The van der Waals surface area contributed by atoms with E-state index in [0.29, 0.717) is 23.3 Å². The molecule has 2 saturated heterocycles. The molecule has 17 heavy (non-hydrogen) atoms. The van der Waals surface area contributed by atoms with Gasteiger partial charge in [0.05, 0.1) is 5.69 Å². The van der Waals surface area contributed by atoms with Crippen LogP contribution < -0.4 is 5.32 Å². The minimum atomic E-state index is -0.00315. The number of piperidine rings is 2. The summed E-state index contributed by atoms with van der Waals surface area (Å²) in [5.74, 6) is 1.58. The van der Waals surface area contributed by atoms with E-state index in [4.69, 9.17) is 4.42 Å². The molecule has 0 spiro atoms. The summed E-state index contributed by atoms with van der Waals surface area (Å²) in [6, 6.07) is 0. The lowest BCUT2D eigenvalue weighted by Gasteiger charge is -2.41. The normalized spacial score (nSPS) is 28.2. The van der Waals surface area contributed by atoms with Crippen LogP contribution >= 0.6 is 0 Å². The number of aromatic nitrogens is 1. The first kappa shape index (κ1) is 10.8. The van der Waals surface area contributed by atoms with Gasteiger partial charge in [-0.2, -0.15) is 0 Å². The molecule has 2 unspecified atom stereocenters. The van der Waals surface area contributed by atoms with Gasteiger partial charge < -0.3 is 14.6 Å². The van der Waals surface area contributed by atoms with Gasteiger partial charge in [-0.15, -0.1) is 0 Å². The molecule has 5 nitrogen and oxygen atoms in total. The Labute approximate surface area is 100 Å². The van der Waals surface area contributed by atoms with E-state index in [1.54, 1.807) is 0 Å². The molecule has 3 rings (SSSR count). The summed E-state index contributed by atoms with van der Waals surface area (Å²) in [6.07, 6.45) is 2.58. The quantitative estimate of drug-likeness (QED) is 0.777. The molecule has 3 heterocycles. The zero-order valence-electron chi connectivity index (χ0n) is 9.98. The number of fused-ring (bicyclic) bond motifs is 2. The molecule has 1 amide bonds. The molecule has 1 aromatic rings. The minimum absolute atomic E-state index is 0.00315. The van der Waals surface area contributed by atoms with Gasteiger partial charge in [-0.1, -0.05) is 0 Å². The van der Waals surface area contributed by atoms with Crippen LogP contribution in [0.5, 0.6) is 0 Å². The van der Waals surface area contributed by atoms with Crippen LogP contribution in [0.25, 0.3) is 0 Å². The number of carbonyl (C=O) groups is 1.